The van der Waals surface area contributed by atoms with Gasteiger partial charge in [0.15, 0.2) is 0 Å². The van der Waals surface area contributed by atoms with Crippen molar-refractivity contribution in [1.82, 2.24) is 19.3 Å². The summed E-state index contributed by atoms with van der Waals surface area (Å²) >= 11 is 0. The maximum absolute atomic E-state index is 14.7. The fourth-order valence-corrected chi connectivity index (χ4v) is 3.23. The molecule has 9 heteroatoms. The predicted octanol–water partition coefficient (Wildman–Crippen LogP) is 2.42. The molecular weight excluding hydrogens is 382 g/mol. The van der Waals surface area contributed by atoms with Crippen molar-refractivity contribution in [3.63, 3.8) is 0 Å². The monoisotopic (exact) mass is 402 g/mol. The van der Waals surface area contributed by atoms with Crippen LogP contribution in [-0.4, -0.2) is 40.2 Å². The molecule has 1 aromatic carbocycles. The summed E-state index contributed by atoms with van der Waals surface area (Å²) in [6.07, 6.45) is 4.99. The lowest BCUT2D eigenvalue weighted by Crippen LogP contribution is -2.26. The lowest BCUT2D eigenvalue weighted by molar-refractivity contribution is 0.0946. The smallest absolute Gasteiger partial charge is 0.294 e. The topological polar surface area (TPSA) is 77.6 Å². The summed E-state index contributed by atoms with van der Waals surface area (Å²) in [4.78, 5) is 29.3. The van der Waals surface area contributed by atoms with Gasteiger partial charge in [0, 0.05) is 37.1 Å². The van der Waals surface area contributed by atoms with E-state index in [0.29, 0.717) is 23.9 Å². The molecule has 0 spiro atoms. The Hall–Kier alpha value is -3.23. The molecule has 29 heavy (non-hydrogen) atoms. The molecule has 1 fully saturated rings. The van der Waals surface area contributed by atoms with Gasteiger partial charge in [-0.2, -0.15) is 0 Å². The molecule has 2 aromatic heterocycles. The van der Waals surface area contributed by atoms with Gasteiger partial charge in [-0.15, -0.1) is 0 Å². The molecular formula is C20H20F2N4O3. The average Bonchev–Trinajstić information content (AvgIpc) is 3.43. The van der Waals surface area contributed by atoms with E-state index in [4.69, 9.17) is 4.74 Å². The third-order valence-electron chi connectivity index (χ3n) is 4.92. The highest BCUT2D eigenvalue weighted by atomic mass is 19.1. The summed E-state index contributed by atoms with van der Waals surface area (Å²) in [6.45, 7) is -0.387. The lowest BCUT2D eigenvalue weighted by atomic mass is 10.1. The Labute approximate surface area is 164 Å². The van der Waals surface area contributed by atoms with E-state index in [2.05, 4.69) is 10.3 Å². The number of carbonyl (C=O) groups is 1. The second kappa shape index (κ2) is 7.65. The molecule has 152 valence electrons. The summed E-state index contributed by atoms with van der Waals surface area (Å²) in [7, 11) is 1.45. The van der Waals surface area contributed by atoms with E-state index >= 15 is 0 Å². The first kappa shape index (κ1) is 19.1. The quantitative estimate of drug-likeness (QED) is 0.659. The number of imidazole rings is 1. The molecule has 1 aliphatic rings. The van der Waals surface area contributed by atoms with E-state index in [9.17, 15) is 18.4 Å². The van der Waals surface area contributed by atoms with E-state index in [0.717, 1.165) is 12.8 Å². The number of aromatic nitrogens is 3. The number of nitrogens with zero attached hydrogens (tertiary/aromatic N) is 3. The van der Waals surface area contributed by atoms with Gasteiger partial charge in [-0.05, 0) is 30.9 Å². The standard InChI is InChI=1S/C20H20F2N4O3/c1-29-13-4-5-14(15(22)8-13)17-11-25-10-16(19(27)23-7-6-21)24-18(25)20(28)26(17)9-12-2-3-12/h4-5,8,10-12H,2-3,6-7,9H2,1H3,(H,23,27). The normalized spacial score (nSPS) is 13.6. The number of hydrogen-bond acceptors (Lipinski definition) is 4. The number of amides is 1. The fourth-order valence-electron chi connectivity index (χ4n) is 3.23. The molecule has 1 aliphatic carbocycles. The Balaban J connectivity index is 1.86. The zero-order chi connectivity index (χ0) is 20.5. The molecule has 1 N–H and O–H groups in total. The first-order valence-corrected chi connectivity index (χ1v) is 9.32. The largest absolute Gasteiger partial charge is 0.497 e. The molecule has 0 atom stereocenters. The molecule has 3 aromatic rings. The predicted molar refractivity (Wildman–Crippen MR) is 102 cm³/mol. The number of halogens is 2. The zero-order valence-corrected chi connectivity index (χ0v) is 15.8. The average molecular weight is 402 g/mol. The van der Waals surface area contributed by atoms with Gasteiger partial charge in [-0.1, -0.05) is 0 Å². The Bertz CT molecular complexity index is 1130. The number of fused-ring (bicyclic) bond motifs is 1. The molecule has 0 saturated heterocycles. The maximum Gasteiger partial charge on any atom is 0.294 e. The van der Waals surface area contributed by atoms with Gasteiger partial charge < -0.3 is 14.6 Å². The van der Waals surface area contributed by atoms with Crippen molar-refractivity contribution in [1.29, 1.82) is 0 Å². The van der Waals surface area contributed by atoms with Crippen molar-refractivity contribution in [3.8, 4) is 17.0 Å². The number of nitrogens with one attached hydrogen (secondary N) is 1. The zero-order valence-electron chi connectivity index (χ0n) is 15.8. The Kier molecular flexibility index (Phi) is 5.04. The molecule has 1 amide bonds. The summed E-state index contributed by atoms with van der Waals surface area (Å²) in [5, 5.41) is 2.38. The van der Waals surface area contributed by atoms with Crippen LogP contribution in [0.5, 0.6) is 5.75 Å². The van der Waals surface area contributed by atoms with Crippen LogP contribution in [-0.2, 0) is 6.54 Å². The summed E-state index contributed by atoms with van der Waals surface area (Å²) < 4.78 is 35.0. The van der Waals surface area contributed by atoms with Crippen LogP contribution in [0, 0.1) is 11.7 Å². The van der Waals surface area contributed by atoms with E-state index in [1.54, 1.807) is 18.3 Å². The van der Waals surface area contributed by atoms with Gasteiger partial charge in [0.25, 0.3) is 11.5 Å². The number of benzene rings is 1. The van der Waals surface area contributed by atoms with Crippen LogP contribution in [0.3, 0.4) is 0 Å². The Morgan fingerprint density at radius 3 is 2.79 bits per heavy atom. The minimum atomic E-state index is -0.700. The van der Waals surface area contributed by atoms with Crippen LogP contribution in [0.4, 0.5) is 8.78 Å². The van der Waals surface area contributed by atoms with Crippen LogP contribution < -0.4 is 15.6 Å². The molecule has 0 radical (unpaired) electrons. The third kappa shape index (κ3) is 3.72. The van der Waals surface area contributed by atoms with Gasteiger partial charge >= 0.3 is 0 Å². The molecule has 0 unspecified atom stereocenters. The van der Waals surface area contributed by atoms with Crippen molar-refractivity contribution < 1.29 is 18.3 Å². The Morgan fingerprint density at radius 1 is 1.34 bits per heavy atom. The number of alkyl halides is 1. The van der Waals surface area contributed by atoms with Gasteiger partial charge in [0.05, 0.1) is 12.8 Å². The van der Waals surface area contributed by atoms with Crippen molar-refractivity contribution >= 4 is 11.6 Å². The first-order chi connectivity index (χ1) is 14.0. The number of methoxy groups -OCH3 is 1. The summed E-state index contributed by atoms with van der Waals surface area (Å²) in [5.74, 6) is -0.360. The van der Waals surface area contributed by atoms with Crippen molar-refractivity contribution in [2.75, 3.05) is 20.3 Å². The van der Waals surface area contributed by atoms with E-state index in [1.165, 1.54) is 28.3 Å². The highest BCUT2D eigenvalue weighted by Crippen LogP contribution is 2.33. The highest BCUT2D eigenvalue weighted by molar-refractivity contribution is 5.92. The molecule has 7 nitrogen and oxygen atoms in total. The molecule has 0 bridgehead atoms. The van der Waals surface area contributed by atoms with Crippen LogP contribution in [0.15, 0.2) is 35.4 Å². The minimum Gasteiger partial charge on any atom is -0.497 e. The van der Waals surface area contributed by atoms with Crippen LogP contribution in [0.1, 0.15) is 23.3 Å². The summed E-state index contributed by atoms with van der Waals surface area (Å²) in [5.41, 5.74) is 0.300. The molecule has 2 heterocycles. The van der Waals surface area contributed by atoms with Crippen molar-refractivity contribution in [2.24, 2.45) is 5.92 Å². The summed E-state index contributed by atoms with van der Waals surface area (Å²) in [6, 6.07) is 4.44. The van der Waals surface area contributed by atoms with E-state index < -0.39 is 24.0 Å². The molecule has 0 aliphatic heterocycles. The SMILES string of the molecule is COc1ccc(-c2cn3cc(C(=O)NCCF)nc3c(=O)n2CC2CC2)c(F)c1. The van der Waals surface area contributed by atoms with Gasteiger partial charge in [0.2, 0.25) is 5.65 Å². The minimum absolute atomic E-state index is 0.000810. The lowest BCUT2D eigenvalue weighted by Gasteiger charge is -2.14. The molecule has 1 saturated carbocycles. The molecule has 4 rings (SSSR count). The van der Waals surface area contributed by atoms with Gasteiger partial charge in [-0.25, -0.2) is 13.8 Å². The number of ether oxygens (including phenoxy) is 1. The van der Waals surface area contributed by atoms with Crippen molar-refractivity contribution in [2.45, 2.75) is 19.4 Å². The second-order valence-electron chi connectivity index (χ2n) is 7.02. The highest BCUT2D eigenvalue weighted by Gasteiger charge is 2.26. The van der Waals surface area contributed by atoms with Gasteiger partial charge in [0.1, 0.15) is 23.9 Å². The Morgan fingerprint density at radius 2 is 2.14 bits per heavy atom. The maximum atomic E-state index is 14.7. The van der Waals surface area contributed by atoms with Crippen LogP contribution in [0.25, 0.3) is 16.9 Å². The number of rotatable bonds is 7. The first-order valence-electron chi connectivity index (χ1n) is 9.32. The van der Waals surface area contributed by atoms with E-state index in [-0.39, 0.29) is 23.4 Å². The van der Waals surface area contributed by atoms with Gasteiger partial charge in [-0.3, -0.25) is 14.0 Å². The van der Waals surface area contributed by atoms with Crippen molar-refractivity contribution in [3.05, 3.63) is 52.5 Å². The fraction of sp³-hybridized carbons (Fsp3) is 0.350. The third-order valence-corrected chi connectivity index (χ3v) is 4.92. The number of hydrogen-bond donors (Lipinski definition) is 1. The van der Waals surface area contributed by atoms with E-state index in [1.807, 2.05) is 0 Å². The second-order valence-corrected chi connectivity index (χ2v) is 7.02. The number of carbonyl (C=O) groups excluding carboxylic acids is 1. The van der Waals surface area contributed by atoms with Crippen LogP contribution in [0.2, 0.25) is 0 Å². The van der Waals surface area contributed by atoms with Crippen LogP contribution >= 0.6 is 0 Å².